The first-order valence-corrected chi connectivity index (χ1v) is 8.29. The molecule has 1 amide bonds. The Bertz CT molecular complexity index is 788. The third-order valence-electron chi connectivity index (χ3n) is 4.43. The van der Waals surface area contributed by atoms with Gasteiger partial charge < -0.3 is 24.6 Å². The maximum atomic E-state index is 12.6. The van der Waals surface area contributed by atoms with Crippen LogP contribution in [0.4, 0.5) is 11.4 Å². The molecule has 2 aromatic rings. The number of carbonyl (C=O) groups excluding carboxylic acids is 1. The Kier molecular flexibility index (Phi) is 4.15. The van der Waals surface area contributed by atoms with Gasteiger partial charge in [0.2, 0.25) is 6.79 Å². The lowest BCUT2D eigenvalue weighted by Crippen LogP contribution is -2.47. The van der Waals surface area contributed by atoms with E-state index in [1.165, 1.54) is 0 Å². The predicted molar refractivity (Wildman–Crippen MR) is 93.5 cm³/mol. The SMILES string of the molecule is CN1CCN(C(=O)c2cc(Nc3ccc4c(c3)OCO4)ccn2)CC1. The van der Waals surface area contributed by atoms with Gasteiger partial charge in [0.05, 0.1) is 0 Å². The van der Waals surface area contributed by atoms with E-state index in [9.17, 15) is 4.79 Å². The second kappa shape index (κ2) is 6.60. The Morgan fingerprint density at radius 1 is 1.04 bits per heavy atom. The number of amides is 1. The average Bonchev–Trinajstić information content (AvgIpc) is 3.10. The fourth-order valence-electron chi connectivity index (χ4n) is 2.94. The van der Waals surface area contributed by atoms with Gasteiger partial charge in [-0.15, -0.1) is 0 Å². The van der Waals surface area contributed by atoms with Crippen LogP contribution in [-0.2, 0) is 0 Å². The highest BCUT2D eigenvalue weighted by molar-refractivity contribution is 5.93. The normalized spacial score (nSPS) is 16.8. The number of carbonyl (C=O) groups is 1. The van der Waals surface area contributed by atoms with Crippen LogP contribution in [0, 0.1) is 0 Å². The lowest BCUT2D eigenvalue weighted by molar-refractivity contribution is 0.0658. The molecule has 0 atom stereocenters. The van der Waals surface area contributed by atoms with Crippen molar-refractivity contribution in [2.75, 3.05) is 45.3 Å². The maximum Gasteiger partial charge on any atom is 0.272 e. The van der Waals surface area contributed by atoms with Crippen molar-refractivity contribution in [3.8, 4) is 11.5 Å². The molecular weight excluding hydrogens is 320 g/mol. The molecule has 0 radical (unpaired) electrons. The summed E-state index contributed by atoms with van der Waals surface area (Å²) in [5.41, 5.74) is 2.13. The van der Waals surface area contributed by atoms with Gasteiger partial charge in [0, 0.05) is 49.8 Å². The molecule has 1 aromatic heterocycles. The van der Waals surface area contributed by atoms with Gasteiger partial charge in [0.25, 0.3) is 5.91 Å². The number of fused-ring (bicyclic) bond motifs is 1. The Morgan fingerprint density at radius 3 is 2.64 bits per heavy atom. The van der Waals surface area contributed by atoms with Crippen LogP contribution in [0.25, 0.3) is 0 Å². The van der Waals surface area contributed by atoms with Gasteiger partial charge in [-0.2, -0.15) is 0 Å². The number of nitrogens with zero attached hydrogens (tertiary/aromatic N) is 3. The van der Waals surface area contributed by atoms with Crippen LogP contribution in [0.2, 0.25) is 0 Å². The summed E-state index contributed by atoms with van der Waals surface area (Å²) >= 11 is 0. The van der Waals surface area contributed by atoms with Crippen molar-refractivity contribution in [1.82, 2.24) is 14.8 Å². The van der Waals surface area contributed by atoms with Gasteiger partial charge in [-0.3, -0.25) is 9.78 Å². The number of pyridine rings is 1. The smallest absolute Gasteiger partial charge is 0.272 e. The number of likely N-dealkylation sites (N-methyl/N-ethyl adjacent to an activating group) is 1. The Hall–Kier alpha value is -2.80. The van der Waals surface area contributed by atoms with E-state index in [1.54, 1.807) is 12.3 Å². The third kappa shape index (κ3) is 3.36. The van der Waals surface area contributed by atoms with Crippen molar-refractivity contribution in [3.05, 3.63) is 42.2 Å². The zero-order valence-electron chi connectivity index (χ0n) is 14.1. The van der Waals surface area contributed by atoms with Crippen LogP contribution in [0.3, 0.4) is 0 Å². The highest BCUT2D eigenvalue weighted by atomic mass is 16.7. The average molecular weight is 340 g/mol. The second-order valence-corrected chi connectivity index (χ2v) is 6.22. The van der Waals surface area contributed by atoms with E-state index in [-0.39, 0.29) is 12.7 Å². The van der Waals surface area contributed by atoms with Crippen LogP contribution < -0.4 is 14.8 Å². The summed E-state index contributed by atoms with van der Waals surface area (Å²) < 4.78 is 10.7. The van der Waals surface area contributed by atoms with Crippen molar-refractivity contribution < 1.29 is 14.3 Å². The number of hydrogen-bond acceptors (Lipinski definition) is 6. The Morgan fingerprint density at radius 2 is 1.80 bits per heavy atom. The van der Waals surface area contributed by atoms with Crippen molar-refractivity contribution in [2.24, 2.45) is 0 Å². The lowest BCUT2D eigenvalue weighted by atomic mass is 10.2. The summed E-state index contributed by atoms with van der Waals surface area (Å²) in [4.78, 5) is 21.0. The molecule has 0 saturated carbocycles. The number of nitrogens with one attached hydrogen (secondary N) is 1. The molecule has 7 nitrogen and oxygen atoms in total. The zero-order valence-corrected chi connectivity index (χ0v) is 14.1. The quantitative estimate of drug-likeness (QED) is 0.921. The molecule has 7 heteroatoms. The molecule has 25 heavy (non-hydrogen) atoms. The molecule has 1 fully saturated rings. The summed E-state index contributed by atoms with van der Waals surface area (Å²) in [5, 5.41) is 3.28. The number of hydrogen-bond donors (Lipinski definition) is 1. The summed E-state index contributed by atoms with van der Waals surface area (Å²) in [6.07, 6.45) is 1.65. The van der Waals surface area contributed by atoms with Gasteiger partial charge >= 0.3 is 0 Å². The molecule has 130 valence electrons. The molecule has 1 aromatic carbocycles. The molecule has 0 spiro atoms. The van der Waals surface area contributed by atoms with E-state index in [0.29, 0.717) is 11.4 Å². The predicted octanol–water partition coefficient (Wildman–Crippen LogP) is 1.94. The molecule has 0 aliphatic carbocycles. The molecule has 0 bridgehead atoms. The fraction of sp³-hybridized carbons (Fsp3) is 0.333. The van der Waals surface area contributed by atoms with Crippen LogP contribution >= 0.6 is 0 Å². The Labute approximate surface area is 146 Å². The molecule has 2 aliphatic heterocycles. The zero-order chi connectivity index (χ0) is 17.2. The van der Waals surface area contributed by atoms with Crippen LogP contribution in [0.1, 0.15) is 10.5 Å². The number of aromatic nitrogens is 1. The van der Waals surface area contributed by atoms with E-state index in [4.69, 9.17) is 9.47 Å². The monoisotopic (exact) mass is 340 g/mol. The van der Waals surface area contributed by atoms with Crippen molar-refractivity contribution in [1.29, 1.82) is 0 Å². The summed E-state index contributed by atoms with van der Waals surface area (Å²) in [5.74, 6) is 1.43. The summed E-state index contributed by atoms with van der Waals surface area (Å²) in [6, 6.07) is 9.28. The largest absolute Gasteiger partial charge is 0.454 e. The second-order valence-electron chi connectivity index (χ2n) is 6.22. The number of anilines is 2. The van der Waals surface area contributed by atoms with Crippen molar-refractivity contribution in [3.63, 3.8) is 0 Å². The van der Waals surface area contributed by atoms with Crippen molar-refractivity contribution >= 4 is 17.3 Å². The van der Waals surface area contributed by atoms with Gasteiger partial charge in [-0.25, -0.2) is 0 Å². The first-order valence-electron chi connectivity index (χ1n) is 8.29. The number of piperazine rings is 1. The van der Waals surface area contributed by atoms with Gasteiger partial charge in [0.15, 0.2) is 11.5 Å². The molecule has 0 unspecified atom stereocenters. The summed E-state index contributed by atoms with van der Waals surface area (Å²) in [6.45, 7) is 3.49. The Balaban J connectivity index is 1.48. The van der Waals surface area contributed by atoms with Crippen LogP contribution in [0.5, 0.6) is 11.5 Å². The molecule has 3 heterocycles. The number of rotatable bonds is 3. The molecule has 1 N–H and O–H groups in total. The van der Waals surface area contributed by atoms with Crippen LogP contribution in [0.15, 0.2) is 36.5 Å². The van der Waals surface area contributed by atoms with E-state index < -0.39 is 0 Å². The van der Waals surface area contributed by atoms with Gasteiger partial charge in [0.1, 0.15) is 5.69 Å². The van der Waals surface area contributed by atoms with Gasteiger partial charge in [-0.1, -0.05) is 0 Å². The number of ether oxygens (including phenoxy) is 2. The minimum absolute atomic E-state index is 0.0255. The maximum absolute atomic E-state index is 12.6. The topological polar surface area (TPSA) is 66.9 Å². The number of benzene rings is 1. The third-order valence-corrected chi connectivity index (χ3v) is 4.43. The molecule has 1 saturated heterocycles. The summed E-state index contributed by atoms with van der Waals surface area (Å²) in [7, 11) is 2.07. The highest BCUT2D eigenvalue weighted by Gasteiger charge is 2.21. The fourth-order valence-corrected chi connectivity index (χ4v) is 2.94. The van der Waals surface area contributed by atoms with E-state index in [1.807, 2.05) is 29.2 Å². The first kappa shape index (κ1) is 15.7. The molecular formula is C18H20N4O3. The highest BCUT2D eigenvalue weighted by Crippen LogP contribution is 2.35. The molecule has 4 rings (SSSR count). The van der Waals surface area contributed by atoms with Crippen molar-refractivity contribution in [2.45, 2.75) is 0 Å². The van der Waals surface area contributed by atoms with E-state index in [2.05, 4.69) is 22.2 Å². The standard InChI is InChI=1S/C18H20N4O3/c1-21-6-8-22(9-7-21)18(23)15-10-14(4-5-19-15)20-13-2-3-16-17(11-13)25-12-24-16/h2-5,10-11H,6-9,12H2,1H3,(H,19,20). The van der Waals surface area contributed by atoms with Gasteiger partial charge in [-0.05, 0) is 31.3 Å². The first-order chi connectivity index (χ1) is 12.2. The minimum atomic E-state index is -0.0255. The van der Waals surface area contributed by atoms with Crippen LogP contribution in [-0.4, -0.2) is 60.7 Å². The molecule has 2 aliphatic rings. The van der Waals surface area contributed by atoms with E-state index in [0.717, 1.165) is 43.3 Å². The van der Waals surface area contributed by atoms with E-state index >= 15 is 0 Å². The lowest BCUT2D eigenvalue weighted by Gasteiger charge is -2.32. The minimum Gasteiger partial charge on any atom is -0.454 e.